The maximum Gasteiger partial charge on any atom is 0.303 e. The number of benzene rings is 1. The Balaban J connectivity index is 2.14. The van der Waals surface area contributed by atoms with Crippen LogP contribution in [0.1, 0.15) is 42.5 Å². The molecule has 1 atom stereocenters. The van der Waals surface area contributed by atoms with Gasteiger partial charge in [0.15, 0.2) is 9.84 Å². The number of hydrogen-bond donors (Lipinski definition) is 1. The van der Waals surface area contributed by atoms with Crippen molar-refractivity contribution in [1.82, 2.24) is 4.90 Å². The van der Waals surface area contributed by atoms with Gasteiger partial charge in [-0.15, -0.1) is 0 Å². The van der Waals surface area contributed by atoms with Crippen LogP contribution in [0.15, 0.2) is 29.2 Å². The van der Waals surface area contributed by atoms with Crippen molar-refractivity contribution >= 4 is 21.7 Å². The number of amides is 1. The van der Waals surface area contributed by atoms with E-state index in [0.717, 1.165) is 25.5 Å². The first-order valence-corrected chi connectivity index (χ1v) is 9.51. The molecular weight excluding hydrogens is 318 g/mol. The van der Waals surface area contributed by atoms with E-state index in [0.29, 0.717) is 18.5 Å². The Morgan fingerprint density at radius 1 is 1.22 bits per heavy atom. The van der Waals surface area contributed by atoms with Gasteiger partial charge in [0.2, 0.25) is 0 Å². The summed E-state index contributed by atoms with van der Waals surface area (Å²) in [6, 6.07) is 5.82. The van der Waals surface area contributed by atoms with Gasteiger partial charge in [-0.25, -0.2) is 8.42 Å². The maximum atomic E-state index is 12.6. The fourth-order valence-corrected chi connectivity index (χ4v) is 3.50. The Morgan fingerprint density at radius 3 is 2.43 bits per heavy atom. The third kappa shape index (κ3) is 4.54. The molecule has 1 aromatic rings. The zero-order valence-electron chi connectivity index (χ0n) is 13.1. The van der Waals surface area contributed by atoms with Crippen LogP contribution in [0.4, 0.5) is 0 Å². The smallest absolute Gasteiger partial charge is 0.303 e. The number of hydrogen-bond acceptors (Lipinski definition) is 4. The lowest BCUT2D eigenvalue weighted by Gasteiger charge is -2.35. The molecule has 0 radical (unpaired) electrons. The number of sulfone groups is 1. The fraction of sp³-hybridized carbons (Fsp3) is 0.500. The highest BCUT2D eigenvalue weighted by molar-refractivity contribution is 7.90. The normalized spacial score (nSPS) is 18.7. The highest BCUT2D eigenvalue weighted by Crippen LogP contribution is 2.23. The van der Waals surface area contributed by atoms with Crippen LogP contribution < -0.4 is 0 Å². The molecule has 1 fully saturated rings. The minimum Gasteiger partial charge on any atom is -0.481 e. The predicted molar refractivity (Wildman–Crippen MR) is 85.1 cm³/mol. The number of rotatable bonds is 5. The first kappa shape index (κ1) is 17.5. The molecule has 1 amide bonds. The average molecular weight is 339 g/mol. The molecule has 6 nitrogen and oxygen atoms in total. The third-order valence-corrected chi connectivity index (χ3v) is 5.24. The lowest BCUT2D eigenvalue weighted by Crippen LogP contribution is -2.44. The molecular formula is C16H21NO5S. The van der Waals surface area contributed by atoms with E-state index in [1.807, 2.05) is 0 Å². The quantitative estimate of drug-likeness (QED) is 0.885. The summed E-state index contributed by atoms with van der Waals surface area (Å²) in [4.78, 5) is 25.3. The van der Waals surface area contributed by atoms with E-state index in [4.69, 9.17) is 5.11 Å². The molecule has 1 saturated heterocycles. The number of carboxylic acids is 1. The molecule has 0 aromatic heterocycles. The number of likely N-dealkylation sites (tertiary alicyclic amines) is 1. The summed E-state index contributed by atoms with van der Waals surface area (Å²) in [5.41, 5.74) is 0.430. The van der Waals surface area contributed by atoms with Crippen molar-refractivity contribution in [3.05, 3.63) is 29.8 Å². The molecule has 1 aromatic carbocycles. The van der Waals surface area contributed by atoms with Crippen molar-refractivity contribution in [2.45, 2.75) is 43.0 Å². The predicted octanol–water partition coefficient (Wildman–Crippen LogP) is 1.95. The topological polar surface area (TPSA) is 91.8 Å². The van der Waals surface area contributed by atoms with Crippen LogP contribution in [0, 0.1) is 0 Å². The van der Waals surface area contributed by atoms with Crippen LogP contribution in [0.5, 0.6) is 0 Å². The van der Waals surface area contributed by atoms with E-state index in [-0.39, 0.29) is 23.3 Å². The van der Waals surface area contributed by atoms with E-state index in [2.05, 4.69) is 0 Å². The van der Waals surface area contributed by atoms with Crippen molar-refractivity contribution < 1.29 is 23.1 Å². The van der Waals surface area contributed by atoms with Gasteiger partial charge in [0.25, 0.3) is 5.91 Å². The van der Waals surface area contributed by atoms with Gasteiger partial charge >= 0.3 is 5.97 Å². The molecule has 23 heavy (non-hydrogen) atoms. The van der Waals surface area contributed by atoms with Gasteiger partial charge in [-0.05, 0) is 49.9 Å². The molecule has 1 N–H and O–H groups in total. The Hall–Kier alpha value is -1.89. The molecule has 7 heteroatoms. The summed E-state index contributed by atoms with van der Waals surface area (Å²) in [5, 5.41) is 8.83. The molecule has 0 aliphatic carbocycles. The SMILES string of the molecule is CS(=O)(=O)c1ccc(C(=O)N2CCCC[C@@H]2CCC(=O)O)cc1. The number of nitrogens with zero attached hydrogens (tertiary/aromatic N) is 1. The summed E-state index contributed by atoms with van der Waals surface area (Å²) in [6.07, 6.45) is 4.30. The van der Waals surface area contributed by atoms with Crippen LogP contribution in [0.25, 0.3) is 0 Å². The number of carboxylic acid groups (broad SMARTS) is 1. The first-order valence-electron chi connectivity index (χ1n) is 7.62. The van der Waals surface area contributed by atoms with Crippen LogP contribution in [0.2, 0.25) is 0 Å². The molecule has 0 bridgehead atoms. The summed E-state index contributed by atoms with van der Waals surface area (Å²) in [5.74, 6) is -1.03. The number of carbonyl (C=O) groups is 2. The zero-order chi connectivity index (χ0) is 17.0. The number of piperidine rings is 1. The molecule has 0 saturated carbocycles. The minimum atomic E-state index is -3.29. The molecule has 126 valence electrons. The molecule has 2 rings (SSSR count). The number of carbonyl (C=O) groups excluding carboxylic acids is 1. The van der Waals surface area contributed by atoms with Crippen molar-refractivity contribution in [3.8, 4) is 0 Å². The van der Waals surface area contributed by atoms with E-state index in [9.17, 15) is 18.0 Å². The van der Waals surface area contributed by atoms with Gasteiger partial charge in [0.1, 0.15) is 0 Å². The summed E-state index contributed by atoms with van der Waals surface area (Å²) < 4.78 is 22.9. The molecule has 1 aliphatic rings. The largest absolute Gasteiger partial charge is 0.481 e. The molecule has 0 spiro atoms. The third-order valence-electron chi connectivity index (χ3n) is 4.11. The summed E-state index contributed by atoms with van der Waals surface area (Å²) >= 11 is 0. The molecule has 0 unspecified atom stereocenters. The highest BCUT2D eigenvalue weighted by Gasteiger charge is 2.27. The minimum absolute atomic E-state index is 0.0431. The lowest BCUT2D eigenvalue weighted by molar-refractivity contribution is -0.137. The second-order valence-electron chi connectivity index (χ2n) is 5.88. The fourth-order valence-electron chi connectivity index (χ4n) is 2.87. The second-order valence-corrected chi connectivity index (χ2v) is 7.89. The van der Waals surface area contributed by atoms with E-state index in [1.54, 1.807) is 4.90 Å². The highest BCUT2D eigenvalue weighted by atomic mass is 32.2. The van der Waals surface area contributed by atoms with E-state index in [1.165, 1.54) is 24.3 Å². The van der Waals surface area contributed by atoms with Gasteiger partial charge in [-0.3, -0.25) is 9.59 Å². The van der Waals surface area contributed by atoms with Crippen LogP contribution in [-0.4, -0.2) is 49.1 Å². The van der Waals surface area contributed by atoms with Crippen LogP contribution >= 0.6 is 0 Å². The van der Waals surface area contributed by atoms with E-state index < -0.39 is 15.8 Å². The molecule has 1 aliphatic heterocycles. The standard InChI is InChI=1S/C16H21NO5S/c1-23(21,22)14-8-5-12(6-9-14)16(20)17-11-3-2-4-13(17)7-10-15(18)19/h5-6,8-9,13H,2-4,7,10-11H2,1H3,(H,18,19)/t13-/m1/s1. The van der Waals surface area contributed by atoms with Gasteiger partial charge in [0.05, 0.1) is 4.90 Å². The Kier molecular flexibility index (Phi) is 5.41. The van der Waals surface area contributed by atoms with Crippen molar-refractivity contribution in [2.75, 3.05) is 12.8 Å². The summed E-state index contributed by atoms with van der Waals surface area (Å²) in [6.45, 7) is 0.608. The van der Waals surface area contributed by atoms with Gasteiger partial charge in [-0.1, -0.05) is 0 Å². The maximum absolute atomic E-state index is 12.6. The molecule has 1 heterocycles. The first-order chi connectivity index (χ1) is 10.8. The Labute approximate surface area is 136 Å². The second kappa shape index (κ2) is 7.12. The Bertz CT molecular complexity index is 681. The van der Waals surface area contributed by atoms with Crippen molar-refractivity contribution in [1.29, 1.82) is 0 Å². The van der Waals surface area contributed by atoms with Crippen molar-refractivity contribution in [2.24, 2.45) is 0 Å². The average Bonchev–Trinajstić information content (AvgIpc) is 2.52. The lowest BCUT2D eigenvalue weighted by atomic mass is 9.97. The number of aliphatic carboxylic acids is 1. The summed E-state index contributed by atoms with van der Waals surface area (Å²) in [7, 11) is -3.29. The van der Waals surface area contributed by atoms with Crippen molar-refractivity contribution in [3.63, 3.8) is 0 Å². The van der Waals surface area contributed by atoms with E-state index >= 15 is 0 Å². The van der Waals surface area contributed by atoms with Crippen LogP contribution in [-0.2, 0) is 14.6 Å². The van der Waals surface area contributed by atoms with Gasteiger partial charge < -0.3 is 10.0 Å². The Morgan fingerprint density at radius 2 is 1.87 bits per heavy atom. The van der Waals surface area contributed by atoms with Crippen LogP contribution in [0.3, 0.4) is 0 Å². The van der Waals surface area contributed by atoms with Gasteiger partial charge in [-0.2, -0.15) is 0 Å². The monoisotopic (exact) mass is 339 g/mol. The zero-order valence-corrected chi connectivity index (χ0v) is 13.9. The van der Waals surface area contributed by atoms with Gasteiger partial charge in [0, 0.05) is 30.8 Å².